The van der Waals surface area contributed by atoms with Gasteiger partial charge in [-0.05, 0) is 51.4 Å². The minimum Gasteiger partial charge on any atom is -0.462 e. The van der Waals surface area contributed by atoms with Gasteiger partial charge in [-0.15, -0.1) is 0 Å². The monoisotopic (exact) mass is 1430 g/mol. The zero-order valence-corrected chi connectivity index (χ0v) is 68.1. The number of phosphoric acid groups is 1. The molecule has 0 saturated carbocycles. The summed E-state index contributed by atoms with van der Waals surface area (Å²) in [4.78, 5) is 35.5. The SMILES string of the molecule is CCCCCCC/C=C\C/C=C\C/C=C\CCCCCCCCCCCCCCCCCCCCCCCCCCC(=O)OC(COC(=O)CCCCCCCCCCCCCCCCCCCCCCCCCCCCCCCCCCCCCCCCCC)COP(=O)(O)OCCN. The number of unbranched alkanes of at least 4 members (excludes halogenated alkanes) is 68. The van der Waals surface area contributed by atoms with Crippen molar-refractivity contribution in [2.45, 2.75) is 502 Å². The molecule has 592 valence electrons. The van der Waals surface area contributed by atoms with Gasteiger partial charge in [-0.2, -0.15) is 0 Å². The van der Waals surface area contributed by atoms with Gasteiger partial charge in [0.05, 0.1) is 13.2 Å². The van der Waals surface area contributed by atoms with Crippen molar-refractivity contribution in [2.75, 3.05) is 26.4 Å². The van der Waals surface area contributed by atoms with Crippen molar-refractivity contribution in [1.82, 2.24) is 0 Å². The lowest BCUT2D eigenvalue weighted by Crippen LogP contribution is -2.29. The van der Waals surface area contributed by atoms with E-state index in [-0.39, 0.29) is 38.6 Å². The Kier molecular flexibility index (Phi) is 84.6. The molecule has 0 saturated heterocycles. The number of ether oxygens (including phenoxy) is 2. The Morgan fingerprint density at radius 3 is 0.770 bits per heavy atom. The van der Waals surface area contributed by atoms with E-state index < -0.39 is 26.5 Å². The topological polar surface area (TPSA) is 134 Å². The third kappa shape index (κ3) is 85.2. The van der Waals surface area contributed by atoms with Crippen LogP contribution in [0.1, 0.15) is 495 Å². The quantitative estimate of drug-likeness (QED) is 0.0264. The van der Waals surface area contributed by atoms with Crippen molar-refractivity contribution in [3.8, 4) is 0 Å². The molecule has 2 atom stereocenters. The predicted octanol–water partition coefficient (Wildman–Crippen LogP) is 30.5. The number of carbonyl (C=O) groups excluding carboxylic acids is 2. The first-order valence-electron chi connectivity index (χ1n) is 45.0. The summed E-state index contributed by atoms with van der Waals surface area (Å²) < 4.78 is 33.4. The predicted molar refractivity (Wildman–Crippen MR) is 437 cm³/mol. The largest absolute Gasteiger partial charge is 0.472 e. The van der Waals surface area contributed by atoms with E-state index in [0.29, 0.717) is 6.42 Å². The molecular formula is C90H174NO8P. The molecule has 0 radical (unpaired) electrons. The molecule has 100 heavy (non-hydrogen) atoms. The lowest BCUT2D eigenvalue weighted by Gasteiger charge is -2.19. The van der Waals surface area contributed by atoms with Crippen LogP contribution in [0.15, 0.2) is 36.5 Å². The molecule has 0 amide bonds. The van der Waals surface area contributed by atoms with E-state index >= 15 is 0 Å². The first-order chi connectivity index (χ1) is 49.3. The molecule has 10 heteroatoms. The third-order valence-corrected chi connectivity index (χ3v) is 21.8. The molecule has 0 aliphatic heterocycles. The summed E-state index contributed by atoms with van der Waals surface area (Å²) in [5, 5.41) is 0. The highest BCUT2D eigenvalue weighted by Gasteiger charge is 2.26. The highest BCUT2D eigenvalue weighted by atomic mass is 31.2. The van der Waals surface area contributed by atoms with Crippen LogP contribution < -0.4 is 5.73 Å². The van der Waals surface area contributed by atoms with E-state index in [1.54, 1.807) is 0 Å². The number of hydrogen-bond donors (Lipinski definition) is 2. The van der Waals surface area contributed by atoms with Crippen LogP contribution in [0.25, 0.3) is 0 Å². The number of nitrogens with two attached hydrogens (primary N) is 1. The zero-order chi connectivity index (χ0) is 72.2. The van der Waals surface area contributed by atoms with E-state index in [2.05, 4.69) is 50.3 Å². The fourth-order valence-corrected chi connectivity index (χ4v) is 14.9. The Balaban J connectivity index is 3.69. The van der Waals surface area contributed by atoms with E-state index in [1.165, 1.54) is 417 Å². The Morgan fingerprint density at radius 2 is 0.520 bits per heavy atom. The molecule has 0 aromatic carbocycles. The second-order valence-corrected chi connectivity index (χ2v) is 32.3. The first-order valence-corrected chi connectivity index (χ1v) is 46.5. The maximum atomic E-state index is 12.8. The maximum absolute atomic E-state index is 12.8. The van der Waals surface area contributed by atoms with Crippen LogP contribution in [0.3, 0.4) is 0 Å². The highest BCUT2D eigenvalue weighted by Crippen LogP contribution is 2.43. The summed E-state index contributed by atoms with van der Waals surface area (Å²) in [5.74, 6) is -0.797. The van der Waals surface area contributed by atoms with Gasteiger partial charge in [-0.25, -0.2) is 4.57 Å². The van der Waals surface area contributed by atoms with E-state index in [9.17, 15) is 19.0 Å². The van der Waals surface area contributed by atoms with Gasteiger partial charge in [0.1, 0.15) is 6.61 Å². The van der Waals surface area contributed by atoms with E-state index in [4.69, 9.17) is 24.3 Å². The summed E-state index contributed by atoms with van der Waals surface area (Å²) in [6.07, 6.45) is 112. The third-order valence-electron chi connectivity index (χ3n) is 20.8. The summed E-state index contributed by atoms with van der Waals surface area (Å²) in [7, 11) is -4.40. The lowest BCUT2D eigenvalue weighted by molar-refractivity contribution is -0.161. The van der Waals surface area contributed by atoms with Gasteiger partial charge in [0.15, 0.2) is 6.10 Å². The van der Waals surface area contributed by atoms with Gasteiger partial charge in [-0.1, -0.05) is 468 Å². The Morgan fingerprint density at radius 1 is 0.300 bits per heavy atom. The molecule has 0 aromatic rings. The molecule has 0 aromatic heterocycles. The Labute approximate surface area is 624 Å². The molecule has 2 unspecified atom stereocenters. The number of rotatable bonds is 87. The van der Waals surface area contributed by atoms with Crippen LogP contribution in [0.2, 0.25) is 0 Å². The minimum atomic E-state index is -4.40. The summed E-state index contributed by atoms with van der Waals surface area (Å²) >= 11 is 0. The van der Waals surface area contributed by atoms with Crippen molar-refractivity contribution in [1.29, 1.82) is 0 Å². The fraction of sp³-hybridized carbons (Fsp3) is 0.911. The zero-order valence-electron chi connectivity index (χ0n) is 67.2. The van der Waals surface area contributed by atoms with Crippen LogP contribution in [0, 0.1) is 0 Å². The number of esters is 2. The molecule has 9 nitrogen and oxygen atoms in total. The normalized spacial score (nSPS) is 12.9. The fourth-order valence-electron chi connectivity index (χ4n) is 14.1. The van der Waals surface area contributed by atoms with E-state index in [0.717, 1.165) is 44.9 Å². The van der Waals surface area contributed by atoms with Crippen LogP contribution in [-0.2, 0) is 32.7 Å². The highest BCUT2D eigenvalue weighted by molar-refractivity contribution is 7.47. The van der Waals surface area contributed by atoms with Crippen LogP contribution in [-0.4, -0.2) is 49.3 Å². The van der Waals surface area contributed by atoms with Crippen LogP contribution >= 0.6 is 7.82 Å². The Bertz CT molecular complexity index is 1740. The van der Waals surface area contributed by atoms with Gasteiger partial charge in [0, 0.05) is 19.4 Å². The van der Waals surface area contributed by atoms with Crippen molar-refractivity contribution >= 4 is 19.8 Å². The molecule has 0 aliphatic rings. The number of carbonyl (C=O) groups is 2. The second-order valence-electron chi connectivity index (χ2n) is 30.8. The molecule has 0 aliphatic carbocycles. The smallest absolute Gasteiger partial charge is 0.462 e. The maximum Gasteiger partial charge on any atom is 0.472 e. The molecule has 0 spiro atoms. The molecule has 3 N–H and O–H groups in total. The molecule has 0 heterocycles. The van der Waals surface area contributed by atoms with Crippen molar-refractivity contribution in [3.05, 3.63) is 36.5 Å². The van der Waals surface area contributed by atoms with Gasteiger partial charge < -0.3 is 20.1 Å². The van der Waals surface area contributed by atoms with Crippen molar-refractivity contribution < 1.29 is 37.6 Å². The Hall–Kier alpha value is -1.77. The van der Waals surface area contributed by atoms with Crippen molar-refractivity contribution in [3.63, 3.8) is 0 Å². The standard InChI is InChI=1S/C90H174NO8P/c1-3-5-7-9-11-13-15-17-19-21-23-25-27-29-31-33-35-37-39-41-43-45-46-48-50-52-54-56-58-60-62-64-66-68-70-72-74-76-78-80-82-89(92)96-86-88(87-98-100(94,95)97-85-84-91)99-90(93)83-81-79-77-75-73-71-69-67-65-63-61-59-57-55-53-51-49-47-44-42-40-38-36-34-32-30-28-26-24-22-20-18-16-14-12-10-8-6-4-2/h16,18,22,24,28,30,88H,3-15,17,19-21,23,25-27,29,31-87,91H2,1-2H3,(H,94,95)/b18-16-,24-22-,30-28-. The number of hydrogen-bond acceptors (Lipinski definition) is 8. The average Bonchev–Trinajstić information content (AvgIpc) is 1.01. The number of allylic oxidation sites excluding steroid dienone is 6. The van der Waals surface area contributed by atoms with Gasteiger partial charge in [0.25, 0.3) is 0 Å². The van der Waals surface area contributed by atoms with Gasteiger partial charge >= 0.3 is 19.8 Å². The summed E-state index contributed by atoms with van der Waals surface area (Å²) in [6.45, 7) is 3.83. The van der Waals surface area contributed by atoms with Gasteiger partial charge in [0.2, 0.25) is 0 Å². The average molecular weight is 1430 g/mol. The van der Waals surface area contributed by atoms with E-state index in [1.807, 2.05) is 0 Å². The summed E-state index contributed by atoms with van der Waals surface area (Å²) in [6, 6.07) is 0. The molecule has 0 rings (SSSR count). The first kappa shape index (κ1) is 98.2. The van der Waals surface area contributed by atoms with Crippen molar-refractivity contribution in [2.24, 2.45) is 5.73 Å². The van der Waals surface area contributed by atoms with Crippen LogP contribution in [0.5, 0.6) is 0 Å². The molecule has 0 bridgehead atoms. The summed E-state index contributed by atoms with van der Waals surface area (Å²) in [5.41, 5.74) is 5.43. The second kappa shape index (κ2) is 86.2. The minimum absolute atomic E-state index is 0.0571. The van der Waals surface area contributed by atoms with Gasteiger partial charge in [-0.3, -0.25) is 18.6 Å². The molecular weight excluding hydrogens is 1250 g/mol. The lowest BCUT2D eigenvalue weighted by atomic mass is 10.0. The number of phosphoric ester groups is 1. The van der Waals surface area contributed by atoms with Crippen LogP contribution in [0.4, 0.5) is 0 Å². The molecule has 0 fully saturated rings.